The van der Waals surface area contributed by atoms with E-state index in [-0.39, 0.29) is 5.82 Å². The van der Waals surface area contributed by atoms with Crippen LogP contribution in [0.4, 0.5) is 10.2 Å². The second-order valence-electron chi connectivity index (χ2n) is 6.73. The van der Waals surface area contributed by atoms with E-state index >= 15 is 0 Å². The first kappa shape index (κ1) is 15.3. The summed E-state index contributed by atoms with van der Waals surface area (Å²) in [5, 5.41) is 0.511. The molecule has 0 saturated carbocycles. The Bertz CT molecular complexity index is 1040. The van der Waals surface area contributed by atoms with E-state index in [2.05, 4.69) is 25.9 Å². The molecule has 5 rings (SSSR count). The molecule has 1 saturated heterocycles. The van der Waals surface area contributed by atoms with E-state index in [1.165, 1.54) is 12.4 Å². The number of rotatable bonds is 2. The average molecular weight is 347 g/mol. The van der Waals surface area contributed by atoms with Gasteiger partial charge in [0.2, 0.25) is 0 Å². The van der Waals surface area contributed by atoms with Gasteiger partial charge < -0.3 is 9.88 Å². The number of anilines is 1. The number of para-hydroxylation sites is 2. The van der Waals surface area contributed by atoms with Gasteiger partial charge in [0, 0.05) is 19.0 Å². The molecule has 6 heteroatoms. The maximum atomic E-state index is 14.3. The van der Waals surface area contributed by atoms with Gasteiger partial charge in [0.15, 0.2) is 0 Å². The van der Waals surface area contributed by atoms with Crippen molar-refractivity contribution in [2.45, 2.75) is 18.8 Å². The first-order valence-corrected chi connectivity index (χ1v) is 8.88. The summed E-state index contributed by atoms with van der Waals surface area (Å²) < 4.78 is 14.3. The largest absolute Gasteiger partial charge is 0.356 e. The molecule has 0 spiro atoms. The predicted octanol–water partition coefficient (Wildman–Crippen LogP) is 4.03. The van der Waals surface area contributed by atoms with Crippen molar-refractivity contribution in [1.29, 1.82) is 0 Å². The van der Waals surface area contributed by atoms with Crippen LogP contribution in [-0.4, -0.2) is 33.0 Å². The molecule has 0 bridgehead atoms. The van der Waals surface area contributed by atoms with Crippen molar-refractivity contribution in [1.82, 2.24) is 19.9 Å². The maximum Gasteiger partial charge on any atom is 0.142 e. The number of benzene rings is 2. The van der Waals surface area contributed by atoms with Crippen molar-refractivity contribution in [3.63, 3.8) is 0 Å². The highest BCUT2D eigenvalue weighted by Gasteiger charge is 2.25. The van der Waals surface area contributed by atoms with Gasteiger partial charge in [-0.25, -0.2) is 19.3 Å². The van der Waals surface area contributed by atoms with Crippen LogP contribution < -0.4 is 4.90 Å². The Kier molecular flexibility index (Phi) is 3.55. The third kappa shape index (κ3) is 2.49. The summed E-state index contributed by atoms with van der Waals surface area (Å²) in [6.45, 7) is 1.64. The highest BCUT2D eigenvalue weighted by molar-refractivity contribution is 5.89. The lowest BCUT2D eigenvalue weighted by Crippen LogP contribution is -2.34. The number of H-pyrrole nitrogens is 1. The third-order valence-electron chi connectivity index (χ3n) is 5.18. The van der Waals surface area contributed by atoms with Crippen molar-refractivity contribution < 1.29 is 4.39 Å². The molecule has 26 heavy (non-hydrogen) atoms. The summed E-state index contributed by atoms with van der Waals surface area (Å²) >= 11 is 0. The van der Waals surface area contributed by atoms with E-state index in [4.69, 9.17) is 4.98 Å². The maximum absolute atomic E-state index is 14.3. The number of imidazole rings is 1. The minimum Gasteiger partial charge on any atom is -0.356 e. The zero-order chi connectivity index (χ0) is 17.5. The molecule has 3 heterocycles. The number of piperidine rings is 1. The summed E-state index contributed by atoms with van der Waals surface area (Å²) in [5.41, 5.74) is 2.73. The molecule has 0 radical (unpaired) electrons. The topological polar surface area (TPSA) is 57.7 Å². The van der Waals surface area contributed by atoms with Gasteiger partial charge in [0.1, 0.15) is 23.8 Å². The van der Waals surface area contributed by atoms with Crippen molar-refractivity contribution in [2.24, 2.45) is 0 Å². The van der Waals surface area contributed by atoms with Crippen LogP contribution in [0.15, 0.2) is 48.8 Å². The normalized spacial score (nSPS) is 15.8. The van der Waals surface area contributed by atoms with Gasteiger partial charge in [-0.3, -0.25) is 0 Å². The van der Waals surface area contributed by atoms with Gasteiger partial charge in [-0.1, -0.05) is 18.2 Å². The summed E-state index contributed by atoms with van der Waals surface area (Å²) in [5.74, 6) is 1.86. The molecule has 130 valence electrons. The lowest BCUT2D eigenvalue weighted by molar-refractivity contribution is 0.487. The number of fused-ring (bicyclic) bond motifs is 2. The SMILES string of the molecule is Fc1cccc2ncnc(N3CCC(c4nc5ccccc5[nH]4)CC3)c12. The van der Waals surface area contributed by atoms with Gasteiger partial charge in [0.25, 0.3) is 0 Å². The van der Waals surface area contributed by atoms with Gasteiger partial charge in [-0.15, -0.1) is 0 Å². The average Bonchev–Trinajstić information content (AvgIpc) is 3.12. The number of aromatic nitrogens is 4. The molecule has 1 aliphatic rings. The molecule has 2 aromatic carbocycles. The van der Waals surface area contributed by atoms with Crippen LogP contribution in [0.1, 0.15) is 24.6 Å². The molecule has 2 aromatic heterocycles. The molecule has 5 nitrogen and oxygen atoms in total. The number of halogens is 1. The molecule has 4 aromatic rings. The summed E-state index contributed by atoms with van der Waals surface area (Å²) in [4.78, 5) is 18.9. The number of nitrogens with zero attached hydrogens (tertiary/aromatic N) is 4. The van der Waals surface area contributed by atoms with Crippen molar-refractivity contribution in [3.05, 3.63) is 60.4 Å². The predicted molar refractivity (Wildman–Crippen MR) is 99.8 cm³/mol. The minimum atomic E-state index is -0.266. The Morgan fingerprint density at radius 2 is 1.77 bits per heavy atom. The molecule has 1 N–H and O–H groups in total. The zero-order valence-corrected chi connectivity index (χ0v) is 14.2. The number of hydrogen-bond donors (Lipinski definition) is 1. The summed E-state index contributed by atoms with van der Waals surface area (Å²) in [6, 6.07) is 13.1. The fourth-order valence-electron chi connectivity index (χ4n) is 3.82. The standard InChI is InChI=1S/C20H18FN5/c21-14-4-3-7-17-18(14)20(23-12-22-17)26-10-8-13(9-11-26)19-24-15-5-1-2-6-16(15)25-19/h1-7,12-13H,8-11H2,(H,24,25). The van der Waals surface area contributed by atoms with E-state index in [9.17, 15) is 4.39 Å². The Labute approximate surface area is 149 Å². The molecule has 0 amide bonds. The van der Waals surface area contributed by atoms with E-state index in [0.717, 1.165) is 42.8 Å². The van der Waals surface area contributed by atoms with Crippen molar-refractivity contribution >= 4 is 27.8 Å². The molecular weight excluding hydrogens is 329 g/mol. The summed E-state index contributed by atoms with van der Waals surface area (Å²) in [6.07, 6.45) is 3.43. The van der Waals surface area contributed by atoms with Gasteiger partial charge >= 0.3 is 0 Å². The van der Waals surface area contributed by atoms with Crippen LogP contribution in [-0.2, 0) is 0 Å². The van der Waals surface area contributed by atoms with E-state index in [1.807, 2.05) is 24.3 Å². The van der Waals surface area contributed by atoms with Crippen molar-refractivity contribution in [2.75, 3.05) is 18.0 Å². The van der Waals surface area contributed by atoms with Crippen LogP contribution in [0.5, 0.6) is 0 Å². The van der Waals surface area contributed by atoms with E-state index < -0.39 is 0 Å². The number of nitrogens with one attached hydrogen (secondary N) is 1. The molecule has 0 unspecified atom stereocenters. The van der Waals surface area contributed by atoms with Crippen LogP contribution in [0.2, 0.25) is 0 Å². The molecule has 0 aliphatic carbocycles. The zero-order valence-electron chi connectivity index (χ0n) is 14.2. The Morgan fingerprint density at radius 1 is 0.962 bits per heavy atom. The smallest absolute Gasteiger partial charge is 0.142 e. The second-order valence-corrected chi connectivity index (χ2v) is 6.73. The van der Waals surface area contributed by atoms with Crippen LogP contribution in [0.3, 0.4) is 0 Å². The minimum absolute atomic E-state index is 0.266. The Hall–Kier alpha value is -3.02. The highest BCUT2D eigenvalue weighted by Crippen LogP contribution is 2.32. The fraction of sp³-hybridized carbons (Fsp3) is 0.250. The van der Waals surface area contributed by atoms with Crippen LogP contribution >= 0.6 is 0 Å². The highest BCUT2D eigenvalue weighted by atomic mass is 19.1. The second kappa shape index (κ2) is 6.05. The van der Waals surface area contributed by atoms with Gasteiger partial charge in [-0.2, -0.15) is 0 Å². The molecule has 0 atom stereocenters. The molecule has 1 aliphatic heterocycles. The van der Waals surface area contributed by atoms with Gasteiger partial charge in [-0.05, 0) is 37.1 Å². The van der Waals surface area contributed by atoms with Crippen molar-refractivity contribution in [3.8, 4) is 0 Å². The first-order chi connectivity index (χ1) is 12.8. The van der Waals surface area contributed by atoms with Gasteiger partial charge in [0.05, 0.1) is 21.9 Å². The van der Waals surface area contributed by atoms with E-state index in [1.54, 1.807) is 6.07 Å². The number of hydrogen-bond acceptors (Lipinski definition) is 4. The number of aromatic amines is 1. The Balaban J connectivity index is 1.41. The first-order valence-electron chi connectivity index (χ1n) is 8.88. The lowest BCUT2D eigenvalue weighted by atomic mass is 9.96. The third-order valence-corrected chi connectivity index (χ3v) is 5.18. The van der Waals surface area contributed by atoms with Crippen LogP contribution in [0, 0.1) is 5.82 Å². The fourth-order valence-corrected chi connectivity index (χ4v) is 3.82. The van der Waals surface area contributed by atoms with Crippen LogP contribution in [0.25, 0.3) is 21.9 Å². The van der Waals surface area contributed by atoms with E-state index in [0.29, 0.717) is 22.6 Å². The monoisotopic (exact) mass is 347 g/mol. The Morgan fingerprint density at radius 3 is 2.62 bits per heavy atom. The quantitative estimate of drug-likeness (QED) is 0.595. The summed E-state index contributed by atoms with van der Waals surface area (Å²) in [7, 11) is 0. The molecule has 1 fully saturated rings. The lowest BCUT2D eigenvalue weighted by Gasteiger charge is -2.32. The molecular formula is C20H18FN5.